The molecule has 0 fully saturated rings. The van der Waals surface area contributed by atoms with Crippen molar-refractivity contribution in [3.8, 4) is 0 Å². The number of amides is 2. The molecule has 0 aliphatic heterocycles. The normalized spacial score (nSPS) is 11.0. The van der Waals surface area contributed by atoms with Crippen LogP contribution in [-0.4, -0.2) is 33.8 Å². The van der Waals surface area contributed by atoms with Gasteiger partial charge < -0.3 is 10.6 Å². The maximum atomic E-state index is 12.6. The van der Waals surface area contributed by atoms with Gasteiger partial charge in [-0.2, -0.15) is 0 Å². The Morgan fingerprint density at radius 2 is 1.85 bits per heavy atom. The lowest BCUT2D eigenvalue weighted by molar-refractivity contribution is 0.0940. The Labute approximate surface area is 162 Å². The molecule has 7 heteroatoms. The molecule has 3 aromatic rings. The van der Waals surface area contributed by atoms with Gasteiger partial charge in [-0.15, -0.1) is 0 Å². The molecule has 6 nitrogen and oxygen atoms in total. The second-order valence-electron chi connectivity index (χ2n) is 6.50. The first-order valence-electron chi connectivity index (χ1n) is 8.76. The summed E-state index contributed by atoms with van der Waals surface area (Å²) in [5, 5.41) is 6.36. The van der Waals surface area contributed by atoms with Crippen molar-refractivity contribution in [3.05, 3.63) is 70.8 Å². The first kappa shape index (κ1) is 18.9. The Morgan fingerprint density at radius 3 is 2.56 bits per heavy atom. The number of rotatable bonds is 6. The van der Waals surface area contributed by atoms with Crippen LogP contribution in [0.2, 0.25) is 5.02 Å². The van der Waals surface area contributed by atoms with Crippen LogP contribution in [-0.2, 0) is 6.42 Å². The lowest BCUT2D eigenvalue weighted by Gasteiger charge is -2.06. The number of carbonyl (C=O) groups is 2. The highest BCUT2D eigenvalue weighted by atomic mass is 35.5. The maximum absolute atomic E-state index is 12.6. The summed E-state index contributed by atoms with van der Waals surface area (Å²) in [6.07, 6.45) is 2.40. The van der Waals surface area contributed by atoms with Crippen LogP contribution in [0, 0.1) is 0 Å². The smallest absolute Gasteiger partial charge is 0.287 e. The molecule has 0 radical (unpaired) electrons. The average molecular weight is 385 g/mol. The Bertz CT molecular complexity index is 964. The van der Waals surface area contributed by atoms with Crippen LogP contribution >= 0.6 is 11.6 Å². The lowest BCUT2D eigenvalue weighted by atomic mass is 10.1. The molecule has 0 bridgehead atoms. The number of hydrogen-bond acceptors (Lipinski definition) is 3. The van der Waals surface area contributed by atoms with Gasteiger partial charge in [0, 0.05) is 23.8 Å². The molecule has 1 aromatic carbocycles. The lowest BCUT2D eigenvalue weighted by Crippen LogP contribution is -2.31. The zero-order valence-electron chi connectivity index (χ0n) is 15.2. The quantitative estimate of drug-likeness (QED) is 0.685. The number of halogens is 1. The first-order chi connectivity index (χ1) is 13.0. The number of carbonyl (C=O) groups excluding carboxylic acids is 2. The largest absolute Gasteiger partial charge is 0.349 e. The zero-order chi connectivity index (χ0) is 19.4. The van der Waals surface area contributed by atoms with Crippen LogP contribution in [0.25, 0.3) is 5.52 Å². The monoisotopic (exact) mass is 384 g/mol. The minimum absolute atomic E-state index is 0.0189. The highest BCUT2D eigenvalue weighted by Gasteiger charge is 2.21. The van der Waals surface area contributed by atoms with E-state index < -0.39 is 0 Å². The second kappa shape index (κ2) is 8.22. The minimum atomic E-state index is -0.325. The third kappa shape index (κ3) is 4.46. The van der Waals surface area contributed by atoms with E-state index in [1.54, 1.807) is 22.7 Å². The molecule has 0 saturated heterocycles. The van der Waals surface area contributed by atoms with Gasteiger partial charge in [0.1, 0.15) is 0 Å². The number of pyridine rings is 1. The number of imidazole rings is 1. The van der Waals surface area contributed by atoms with E-state index in [-0.39, 0.29) is 29.4 Å². The number of nitrogens with one attached hydrogen (secondary N) is 2. The van der Waals surface area contributed by atoms with Gasteiger partial charge in [0.2, 0.25) is 5.82 Å². The maximum Gasteiger partial charge on any atom is 0.287 e. The van der Waals surface area contributed by atoms with Crippen molar-refractivity contribution in [2.75, 3.05) is 6.54 Å². The van der Waals surface area contributed by atoms with Crippen molar-refractivity contribution in [1.82, 2.24) is 20.0 Å². The molecule has 2 aromatic heterocycles. The molecular formula is C20H21ClN4O2. The number of hydrogen-bond donors (Lipinski definition) is 2. The van der Waals surface area contributed by atoms with Gasteiger partial charge in [-0.25, -0.2) is 4.98 Å². The van der Waals surface area contributed by atoms with Crippen molar-refractivity contribution in [1.29, 1.82) is 0 Å². The summed E-state index contributed by atoms with van der Waals surface area (Å²) in [4.78, 5) is 29.3. The molecule has 0 aliphatic rings. The van der Waals surface area contributed by atoms with E-state index in [1.807, 2.05) is 44.2 Å². The fourth-order valence-electron chi connectivity index (χ4n) is 2.75. The van der Waals surface area contributed by atoms with Crippen molar-refractivity contribution in [2.24, 2.45) is 0 Å². The molecule has 2 heterocycles. The summed E-state index contributed by atoms with van der Waals surface area (Å²) in [5.74, 6) is -0.432. The highest BCUT2D eigenvalue weighted by molar-refractivity contribution is 6.30. The van der Waals surface area contributed by atoms with Gasteiger partial charge in [0.25, 0.3) is 11.8 Å². The predicted molar refractivity (Wildman–Crippen MR) is 105 cm³/mol. The summed E-state index contributed by atoms with van der Waals surface area (Å²) < 4.78 is 1.63. The Balaban J connectivity index is 1.76. The van der Waals surface area contributed by atoms with Crippen LogP contribution in [0.5, 0.6) is 0 Å². The second-order valence-corrected chi connectivity index (χ2v) is 6.94. The third-order valence-electron chi connectivity index (χ3n) is 4.00. The standard InChI is InChI=1S/C20H21ClN4O2/c1-13(2)23-19(26)17-16-5-3-4-12-25(16)18(24-17)20(27)22-11-10-14-6-8-15(21)9-7-14/h3-9,12-13H,10-11H2,1-2H3,(H,22,27)(H,23,26). The van der Waals surface area contributed by atoms with Gasteiger partial charge >= 0.3 is 0 Å². The van der Waals surface area contributed by atoms with E-state index >= 15 is 0 Å². The fourth-order valence-corrected chi connectivity index (χ4v) is 2.87. The van der Waals surface area contributed by atoms with Gasteiger partial charge in [-0.05, 0) is 50.1 Å². The molecule has 0 aliphatic carbocycles. The molecule has 0 atom stereocenters. The predicted octanol–water partition coefficient (Wildman–Crippen LogP) is 3.10. The Hall–Kier alpha value is -2.86. The van der Waals surface area contributed by atoms with Crippen LogP contribution in [0.3, 0.4) is 0 Å². The van der Waals surface area contributed by atoms with Crippen molar-refractivity contribution in [2.45, 2.75) is 26.3 Å². The molecule has 0 saturated carbocycles. The Kier molecular flexibility index (Phi) is 5.76. The van der Waals surface area contributed by atoms with Gasteiger partial charge in [-0.1, -0.05) is 29.8 Å². The van der Waals surface area contributed by atoms with E-state index in [0.29, 0.717) is 23.5 Å². The summed E-state index contributed by atoms with van der Waals surface area (Å²) in [7, 11) is 0. The molecule has 2 N–H and O–H groups in total. The number of nitrogens with zero attached hydrogens (tertiary/aromatic N) is 2. The van der Waals surface area contributed by atoms with E-state index in [2.05, 4.69) is 15.6 Å². The summed E-state index contributed by atoms with van der Waals surface area (Å²) >= 11 is 5.88. The Morgan fingerprint density at radius 1 is 1.11 bits per heavy atom. The fraction of sp³-hybridized carbons (Fsp3) is 0.250. The minimum Gasteiger partial charge on any atom is -0.349 e. The zero-order valence-corrected chi connectivity index (χ0v) is 16.0. The molecule has 0 unspecified atom stereocenters. The van der Waals surface area contributed by atoms with Crippen LogP contribution in [0.1, 0.15) is 40.5 Å². The first-order valence-corrected chi connectivity index (χ1v) is 9.14. The molecule has 140 valence electrons. The van der Waals surface area contributed by atoms with Gasteiger partial charge in [0.15, 0.2) is 5.69 Å². The molecule has 27 heavy (non-hydrogen) atoms. The SMILES string of the molecule is CC(C)NC(=O)c1nc(C(=O)NCCc2ccc(Cl)cc2)n2ccccc12. The van der Waals surface area contributed by atoms with E-state index in [0.717, 1.165) is 5.56 Å². The van der Waals surface area contributed by atoms with E-state index in [9.17, 15) is 9.59 Å². The summed E-state index contributed by atoms with van der Waals surface area (Å²) in [5.41, 5.74) is 1.91. The third-order valence-corrected chi connectivity index (χ3v) is 4.25. The van der Waals surface area contributed by atoms with Crippen LogP contribution in [0.15, 0.2) is 48.7 Å². The summed E-state index contributed by atoms with van der Waals surface area (Å²) in [6, 6.07) is 12.8. The average Bonchev–Trinajstić information content (AvgIpc) is 3.03. The van der Waals surface area contributed by atoms with E-state index in [4.69, 9.17) is 11.6 Å². The number of fused-ring (bicyclic) bond motifs is 1. The molecular weight excluding hydrogens is 364 g/mol. The molecule has 3 rings (SSSR count). The van der Waals surface area contributed by atoms with Crippen molar-refractivity contribution >= 4 is 28.9 Å². The molecule has 2 amide bonds. The van der Waals surface area contributed by atoms with Crippen LogP contribution < -0.4 is 10.6 Å². The number of aromatic nitrogens is 2. The topological polar surface area (TPSA) is 75.5 Å². The summed E-state index contributed by atoms with van der Waals surface area (Å²) in [6.45, 7) is 4.21. The highest BCUT2D eigenvalue weighted by Crippen LogP contribution is 2.14. The van der Waals surface area contributed by atoms with Crippen molar-refractivity contribution < 1.29 is 9.59 Å². The van der Waals surface area contributed by atoms with Gasteiger partial charge in [-0.3, -0.25) is 14.0 Å². The van der Waals surface area contributed by atoms with Crippen molar-refractivity contribution in [3.63, 3.8) is 0 Å². The van der Waals surface area contributed by atoms with E-state index in [1.165, 1.54) is 0 Å². The van der Waals surface area contributed by atoms with Gasteiger partial charge in [0.05, 0.1) is 5.52 Å². The molecule has 0 spiro atoms. The van der Waals surface area contributed by atoms with Crippen LogP contribution in [0.4, 0.5) is 0 Å². The number of benzene rings is 1.